The number of benzene rings is 2. The highest BCUT2D eigenvalue weighted by molar-refractivity contribution is 7.91. The maximum atomic E-state index is 12.8. The van der Waals surface area contributed by atoms with Crippen molar-refractivity contribution in [3.8, 4) is 0 Å². The minimum atomic E-state index is -3.39. The van der Waals surface area contributed by atoms with Gasteiger partial charge in [-0.05, 0) is 74.2 Å². The summed E-state index contributed by atoms with van der Waals surface area (Å²) in [5.41, 5.74) is 12.0. The molecule has 8 N–H and O–H groups in total. The summed E-state index contributed by atoms with van der Waals surface area (Å²) in [6.45, 7) is 4.14. The van der Waals surface area contributed by atoms with E-state index < -0.39 is 43.7 Å². The Balaban J connectivity index is 1.83. The third-order valence-electron chi connectivity index (χ3n) is 7.05. The van der Waals surface area contributed by atoms with Crippen LogP contribution in [0.2, 0.25) is 0 Å². The molecular weight excluding hydrogens is 633 g/mol. The lowest BCUT2D eigenvalue weighted by Gasteiger charge is -2.22. The average Bonchev–Trinajstić information content (AvgIpc) is 3.00. The lowest BCUT2D eigenvalue weighted by atomic mass is 10.2. The number of nitrogens with one attached hydrogen (secondary N) is 4. The summed E-state index contributed by atoms with van der Waals surface area (Å²) in [6, 6.07) is 10.4. The van der Waals surface area contributed by atoms with Crippen LogP contribution in [0.25, 0.3) is 0 Å². The fourth-order valence-electron chi connectivity index (χ4n) is 4.33. The Morgan fingerprint density at radius 3 is 1.22 bits per heavy atom. The maximum absolute atomic E-state index is 12.8. The Kier molecular flexibility index (Phi) is 14.9. The van der Waals surface area contributed by atoms with Crippen molar-refractivity contribution >= 4 is 55.0 Å². The zero-order chi connectivity index (χ0) is 34.3. The highest BCUT2D eigenvalue weighted by Gasteiger charge is 2.20. The van der Waals surface area contributed by atoms with Gasteiger partial charge in [0.25, 0.3) is 0 Å². The van der Waals surface area contributed by atoms with Gasteiger partial charge in [-0.2, -0.15) is 0 Å². The monoisotopic (exact) mass is 678 g/mol. The number of hydrogen-bond acceptors (Lipinski definition) is 8. The van der Waals surface area contributed by atoms with E-state index in [1.807, 2.05) is 13.8 Å². The van der Waals surface area contributed by atoms with Crippen LogP contribution in [-0.2, 0) is 19.7 Å². The van der Waals surface area contributed by atoms with Gasteiger partial charge in [-0.25, -0.2) is 26.4 Å². The van der Waals surface area contributed by atoms with Gasteiger partial charge >= 0.3 is 12.1 Å². The number of rotatable bonds is 17. The van der Waals surface area contributed by atoms with Crippen LogP contribution in [0.5, 0.6) is 0 Å². The number of amides is 4. The lowest BCUT2D eigenvalue weighted by molar-refractivity contribution is 0.230. The van der Waals surface area contributed by atoms with E-state index in [1.165, 1.54) is 48.5 Å². The van der Waals surface area contributed by atoms with Gasteiger partial charge in [-0.15, -0.1) is 0 Å². The molecule has 0 aliphatic heterocycles. The van der Waals surface area contributed by atoms with Gasteiger partial charge in [0.1, 0.15) is 0 Å². The summed E-state index contributed by atoms with van der Waals surface area (Å²) in [7, 11) is -6.79. The zero-order valence-electron chi connectivity index (χ0n) is 26.4. The van der Waals surface area contributed by atoms with Crippen molar-refractivity contribution in [3.63, 3.8) is 0 Å². The van der Waals surface area contributed by atoms with Crippen molar-refractivity contribution in [3.05, 3.63) is 48.5 Å². The molecule has 0 saturated carbocycles. The van der Waals surface area contributed by atoms with Crippen molar-refractivity contribution in [2.75, 3.05) is 35.2 Å². The number of carbonyl (C=O) groups is 2. The minimum absolute atomic E-state index is 0.0524. The molecule has 0 bridgehead atoms. The molecule has 4 amide bonds. The van der Waals surface area contributed by atoms with Gasteiger partial charge in [0.15, 0.2) is 31.6 Å². The van der Waals surface area contributed by atoms with E-state index in [0.717, 1.165) is 22.6 Å². The number of unbranched alkanes of at least 4 members (excludes halogenated alkanes) is 5. The van der Waals surface area contributed by atoms with Gasteiger partial charge < -0.3 is 22.1 Å². The van der Waals surface area contributed by atoms with Crippen LogP contribution in [0, 0.1) is 10.8 Å². The number of carbonyl (C=O) groups excluding carboxylic acids is 2. The van der Waals surface area contributed by atoms with Crippen molar-refractivity contribution < 1.29 is 26.4 Å². The van der Waals surface area contributed by atoms with E-state index in [4.69, 9.17) is 22.3 Å². The first-order valence-corrected chi connectivity index (χ1v) is 18.5. The van der Waals surface area contributed by atoms with Gasteiger partial charge in [0.05, 0.1) is 21.3 Å². The van der Waals surface area contributed by atoms with E-state index in [9.17, 15) is 26.4 Å². The van der Waals surface area contributed by atoms with Crippen LogP contribution >= 0.6 is 0 Å². The average molecular weight is 679 g/mol. The molecule has 0 saturated heterocycles. The molecule has 2 rings (SSSR count). The number of nitrogens with zero attached hydrogens (tertiary/aromatic N) is 2. The molecule has 0 aliphatic carbocycles. The summed E-state index contributed by atoms with van der Waals surface area (Å²) in [6.07, 6.45) is 4.90. The second-order valence-electron chi connectivity index (χ2n) is 10.7. The maximum Gasteiger partial charge on any atom is 0.328 e. The highest BCUT2D eigenvalue weighted by Crippen LogP contribution is 2.19. The predicted octanol–water partition coefficient (Wildman–Crippen LogP) is 4.55. The fourth-order valence-corrected chi connectivity index (χ4v) is 7.24. The van der Waals surface area contributed by atoms with Crippen LogP contribution < -0.4 is 22.1 Å². The number of anilines is 2. The number of guanidine groups is 2. The molecule has 16 heteroatoms. The molecule has 0 unspecified atom stereocenters. The topological polar surface area (TPSA) is 233 Å². The number of sulfone groups is 2. The van der Waals surface area contributed by atoms with E-state index >= 15 is 0 Å². The summed E-state index contributed by atoms with van der Waals surface area (Å²) in [5.74, 6) is -0.780. The first-order chi connectivity index (χ1) is 21.7. The van der Waals surface area contributed by atoms with E-state index in [0.29, 0.717) is 49.9 Å². The van der Waals surface area contributed by atoms with Crippen molar-refractivity contribution in [1.82, 2.24) is 9.80 Å². The molecule has 2 aromatic rings. The van der Waals surface area contributed by atoms with Crippen molar-refractivity contribution in [1.29, 1.82) is 10.8 Å². The Morgan fingerprint density at radius 2 is 0.935 bits per heavy atom. The van der Waals surface area contributed by atoms with Crippen LogP contribution in [0.3, 0.4) is 0 Å². The van der Waals surface area contributed by atoms with Crippen LogP contribution in [0.4, 0.5) is 21.0 Å². The number of nitrogens with two attached hydrogens (primary N) is 2. The summed E-state index contributed by atoms with van der Waals surface area (Å²) in [5, 5.41) is 20.9. The SMILES string of the molecule is CCCCS(=O)(=O)c1ccc(NC(=O)N(CCCCCCN(C(=N)N)C(=O)Nc2ccc(S(=O)(=O)CCCC)cc2)C(=N)N)cc1. The third-order valence-corrected chi connectivity index (χ3v) is 10.7. The molecule has 0 heterocycles. The summed E-state index contributed by atoms with van der Waals surface area (Å²) in [4.78, 5) is 28.0. The fraction of sp³-hybridized carbons (Fsp3) is 0.467. The Morgan fingerprint density at radius 1 is 0.609 bits per heavy atom. The van der Waals surface area contributed by atoms with Crippen molar-refractivity contribution in [2.45, 2.75) is 75.0 Å². The first-order valence-electron chi connectivity index (χ1n) is 15.2. The second kappa shape index (κ2) is 18.1. The minimum Gasteiger partial charge on any atom is -0.370 e. The molecular formula is C30H46N8O6S2. The van der Waals surface area contributed by atoms with E-state index in [2.05, 4.69) is 10.6 Å². The van der Waals surface area contributed by atoms with Crippen molar-refractivity contribution in [2.24, 2.45) is 11.5 Å². The van der Waals surface area contributed by atoms with Gasteiger partial charge in [0, 0.05) is 24.5 Å². The molecule has 0 aliphatic rings. The van der Waals surface area contributed by atoms with Crippen LogP contribution in [0.1, 0.15) is 65.2 Å². The highest BCUT2D eigenvalue weighted by atomic mass is 32.2. The largest absolute Gasteiger partial charge is 0.370 e. The molecule has 0 spiro atoms. The third kappa shape index (κ3) is 12.0. The number of urea groups is 2. The van der Waals surface area contributed by atoms with Gasteiger partial charge in [-0.1, -0.05) is 39.5 Å². The summed E-state index contributed by atoms with van der Waals surface area (Å²) < 4.78 is 49.4. The molecule has 46 heavy (non-hydrogen) atoms. The quantitative estimate of drug-likeness (QED) is 0.0787. The normalized spacial score (nSPS) is 11.4. The Hall–Kier alpha value is -4.18. The molecule has 0 radical (unpaired) electrons. The van der Waals surface area contributed by atoms with Gasteiger partial charge in [-0.3, -0.25) is 20.6 Å². The first kappa shape index (κ1) is 38.0. The Labute approximate surface area is 271 Å². The standard InChI is InChI=1S/C30H46N8O6S2/c1-3-5-21-45(41,42)25-15-11-23(12-16-25)35-29(39)37(27(31)32)19-9-7-8-10-20-38(28(33)34)30(40)36-24-13-17-26(18-14-24)46(43,44)22-6-4-2/h11-18H,3-10,19-22H2,1-2H3,(H3,31,32)(H3,33,34)(H,35,39)(H,36,40). The molecule has 254 valence electrons. The zero-order valence-corrected chi connectivity index (χ0v) is 28.1. The lowest BCUT2D eigenvalue weighted by Crippen LogP contribution is -2.44. The summed E-state index contributed by atoms with van der Waals surface area (Å²) >= 11 is 0. The van der Waals surface area contributed by atoms with Crippen LogP contribution in [0.15, 0.2) is 58.3 Å². The number of hydrogen-bond donors (Lipinski definition) is 6. The second-order valence-corrected chi connectivity index (χ2v) is 15.0. The van der Waals surface area contributed by atoms with Crippen LogP contribution in [-0.4, -0.2) is 75.2 Å². The molecule has 0 atom stereocenters. The molecule has 14 nitrogen and oxygen atoms in total. The molecule has 0 fully saturated rings. The Bertz CT molecular complexity index is 1430. The molecule has 0 aromatic heterocycles. The molecule has 2 aromatic carbocycles. The van der Waals surface area contributed by atoms with E-state index in [1.54, 1.807) is 0 Å². The smallest absolute Gasteiger partial charge is 0.328 e. The predicted molar refractivity (Wildman–Crippen MR) is 181 cm³/mol. The van der Waals surface area contributed by atoms with E-state index in [-0.39, 0.29) is 34.4 Å². The van der Waals surface area contributed by atoms with Gasteiger partial charge in [0.2, 0.25) is 0 Å².